The molecule has 1 rings (SSSR count). The van der Waals surface area contributed by atoms with Gasteiger partial charge in [-0.2, -0.15) is 0 Å². The second-order valence-corrected chi connectivity index (χ2v) is 3.07. The van der Waals surface area contributed by atoms with Gasteiger partial charge in [0.05, 0.1) is 6.10 Å². The third-order valence-corrected chi connectivity index (χ3v) is 1.51. The van der Waals surface area contributed by atoms with Gasteiger partial charge in [0, 0.05) is 0 Å². The number of benzene rings is 1. The molecule has 0 N–H and O–H groups in total. The maximum atomic E-state index is 13.1. The maximum absolute atomic E-state index is 13.1. The molecule has 72 valence electrons. The van der Waals surface area contributed by atoms with Crippen molar-refractivity contribution in [3.05, 3.63) is 29.6 Å². The fourth-order valence-electron chi connectivity index (χ4n) is 0.977. The lowest BCUT2D eigenvalue weighted by molar-refractivity contribution is 0.231. The molecule has 0 aliphatic rings. The molecule has 1 nitrogen and oxygen atoms in total. The smallest absolute Gasteiger partial charge is 0.165 e. The summed E-state index contributed by atoms with van der Waals surface area (Å²) in [5.41, 5.74) is 0.327. The molecular weight excluding hydrogens is 174 g/mol. The molecule has 0 heterocycles. The molecule has 3 heteroatoms. The number of alkyl halides is 1. The normalized spacial score (nSPS) is 10.5. The molecule has 13 heavy (non-hydrogen) atoms. The van der Waals surface area contributed by atoms with Crippen LogP contribution in [0.5, 0.6) is 5.75 Å². The minimum atomic E-state index is -0.654. The first kappa shape index (κ1) is 9.96. The van der Waals surface area contributed by atoms with E-state index < -0.39 is 12.5 Å². The largest absolute Gasteiger partial charge is 0.488 e. The third-order valence-electron chi connectivity index (χ3n) is 1.51. The second kappa shape index (κ2) is 4.21. The van der Waals surface area contributed by atoms with Crippen LogP contribution in [0.25, 0.3) is 0 Å². The van der Waals surface area contributed by atoms with Crippen LogP contribution in [0.4, 0.5) is 8.78 Å². The van der Waals surface area contributed by atoms with Gasteiger partial charge in [-0.15, -0.1) is 0 Å². The fraction of sp³-hybridized carbons (Fsp3) is 0.400. The highest BCUT2D eigenvalue weighted by Crippen LogP contribution is 2.19. The van der Waals surface area contributed by atoms with E-state index in [4.69, 9.17) is 4.74 Å². The van der Waals surface area contributed by atoms with Crippen LogP contribution in [0.1, 0.15) is 19.4 Å². The first-order valence-electron chi connectivity index (χ1n) is 4.14. The van der Waals surface area contributed by atoms with Crippen molar-refractivity contribution < 1.29 is 13.5 Å². The summed E-state index contributed by atoms with van der Waals surface area (Å²) in [6, 6.07) is 4.11. The Morgan fingerprint density at radius 1 is 1.38 bits per heavy atom. The average molecular weight is 186 g/mol. The minimum absolute atomic E-state index is 0.0780. The van der Waals surface area contributed by atoms with E-state index in [0.29, 0.717) is 5.56 Å². The lowest BCUT2D eigenvalue weighted by Gasteiger charge is -2.10. The monoisotopic (exact) mass is 186 g/mol. The third kappa shape index (κ3) is 2.68. The van der Waals surface area contributed by atoms with Crippen LogP contribution in [-0.4, -0.2) is 6.10 Å². The van der Waals surface area contributed by atoms with E-state index in [9.17, 15) is 8.78 Å². The number of hydrogen-bond acceptors (Lipinski definition) is 1. The van der Waals surface area contributed by atoms with Gasteiger partial charge in [0.25, 0.3) is 0 Å². The molecule has 0 aliphatic heterocycles. The maximum Gasteiger partial charge on any atom is 0.165 e. The molecule has 0 fully saturated rings. The van der Waals surface area contributed by atoms with E-state index in [2.05, 4.69) is 0 Å². The standard InChI is InChI=1S/C10H12F2O/c1-7(2)13-10-4-3-8(6-11)5-9(10)12/h3-5,7H,6H2,1-2H3. The molecule has 0 saturated heterocycles. The summed E-state index contributed by atoms with van der Waals surface area (Å²) in [7, 11) is 0. The summed E-state index contributed by atoms with van der Waals surface area (Å²) < 4.78 is 30.3. The van der Waals surface area contributed by atoms with E-state index in [0.717, 1.165) is 6.07 Å². The highest BCUT2D eigenvalue weighted by Gasteiger charge is 2.05. The van der Waals surface area contributed by atoms with Gasteiger partial charge in [0.15, 0.2) is 11.6 Å². The summed E-state index contributed by atoms with van der Waals surface area (Å²) in [5.74, 6) is -0.337. The van der Waals surface area contributed by atoms with Gasteiger partial charge in [-0.05, 0) is 31.5 Å². The SMILES string of the molecule is CC(C)Oc1ccc(CF)cc1F. The molecule has 0 aliphatic carbocycles. The summed E-state index contributed by atoms with van der Waals surface area (Å²) >= 11 is 0. The molecule has 1 aromatic carbocycles. The van der Waals surface area contributed by atoms with Gasteiger partial charge in [-0.25, -0.2) is 8.78 Å². The molecular formula is C10H12F2O. The van der Waals surface area contributed by atoms with Crippen molar-refractivity contribution in [1.29, 1.82) is 0 Å². The van der Waals surface area contributed by atoms with Gasteiger partial charge in [0.1, 0.15) is 6.67 Å². The van der Waals surface area contributed by atoms with E-state index in [-0.39, 0.29) is 11.9 Å². The van der Waals surface area contributed by atoms with Gasteiger partial charge in [0.2, 0.25) is 0 Å². The average Bonchev–Trinajstić information content (AvgIpc) is 2.08. The van der Waals surface area contributed by atoms with Crippen molar-refractivity contribution in [3.8, 4) is 5.75 Å². The van der Waals surface area contributed by atoms with Crippen LogP contribution in [0.2, 0.25) is 0 Å². The van der Waals surface area contributed by atoms with Crippen molar-refractivity contribution in [2.24, 2.45) is 0 Å². The number of hydrogen-bond donors (Lipinski definition) is 0. The first-order valence-corrected chi connectivity index (χ1v) is 4.14. The lowest BCUT2D eigenvalue weighted by atomic mass is 10.2. The summed E-state index contributed by atoms with van der Waals surface area (Å²) in [6.07, 6.45) is -0.0780. The Bertz CT molecular complexity index is 284. The number of rotatable bonds is 3. The zero-order valence-electron chi connectivity index (χ0n) is 7.68. The zero-order chi connectivity index (χ0) is 9.84. The molecule has 0 radical (unpaired) electrons. The van der Waals surface area contributed by atoms with E-state index in [1.54, 1.807) is 0 Å². The van der Waals surface area contributed by atoms with Crippen molar-refractivity contribution in [2.45, 2.75) is 26.6 Å². The van der Waals surface area contributed by atoms with Crippen LogP contribution in [0, 0.1) is 5.82 Å². The van der Waals surface area contributed by atoms with Crippen LogP contribution in [0.15, 0.2) is 18.2 Å². The molecule has 0 aromatic heterocycles. The summed E-state index contributed by atoms with van der Waals surface area (Å²) in [5, 5.41) is 0. The summed E-state index contributed by atoms with van der Waals surface area (Å²) in [4.78, 5) is 0. The second-order valence-electron chi connectivity index (χ2n) is 3.07. The molecule has 0 saturated carbocycles. The Morgan fingerprint density at radius 3 is 2.54 bits per heavy atom. The Hall–Kier alpha value is -1.12. The van der Waals surface area contributed by atoms with Crippen molar-refractivity contribution in [2.75, 3.05) is 0 Å². The van der Waals surface area contributed by atoms with Crippen molar-refractivity contribution in [1.82, 2.24) is 0 Å². The molecule has 1 aromatic rings. The number of halogens is 2. The van der Waals surface area contributed by atoms with Crippen LogP contribution in [-0.2, 0) is 6.67 Å². The highest BCUT2D eigenvalue weighted by atomic mass is 19.1. The molecule has 0 spiro atoms. The van der Waals surface area contributed by atoms with Crippen molar-refractivity contribution >= 4 is 0 Å². The van der Waals surface area contributed by atoms with Crippen LogP contribution < -0.4 is 4.74 Å². The quantitative estimate of drug-likeness (QED) is 0.704. The lowest BCUT2D eigenvalue weighted by Crippen LogP contribution is -2.06. The van der Waals surface area contributed by atoms with Crippen molar-refractivity contribution in [3.63, 3.8) is 0 Å². The zero-order valence-corrected chi connectivity index (χ0v) is 7.68. The van der Waals surface area contributed by atoms with Crippen LogP contribution in [0.3, 0.4) is 0 Å². The minimum Gasteiger partial charge on any atom is -0.488 e. The topological polar surface area (TPSA) is 9.23 Å². The van der Waals surface area contributed by atoms with Gasteiger partial charge < -0.3 is 4.74 Å². The van der Waals surface area contributed by atoms with Gasteiger partial charge in [-0.1, -0.05) is 6.07 Å². The predicted octanol–water partition coefficient (Wildman–Crippen LogP) is 3.08. The van der Waals surface area contributed by atoms with E-state index >= 15 is 0 Å². The van der Waals surface area contributed by atoms with E-state index in [1.165, 1.54) is 12.1 Å². The highest BCUT2D eigenvalue weighted by molar-refractivity contribution is 5.29. The van der Waals surface area contributed by atoms with E-state index in [1.807, 2.05) is 13.8 Å². The Morgan fingerprint density at radius 2 is 2.08 bits per heavy atom. The number of ether oxygens (including phenoxy) is 1. The molecule has 0 atom stereocenters. The predicted molar refractivity (Wildman–Crippen MR) is 47.0 cm³/mol. The molecule has 0 bridgehead atoms. The molecule has 0 unspecified atom stereocenters. The Kier molecular flexibility index (Phi) is 3.23. The molecule has 0 amide bonds. The Labute approximate surface area is 76.3 Å². The van der Waals surface area contributed by atoms with Gasteiger partial charge >= 0.3 is 0 Å². The van der Waals surface area contributed by atoms with Gasteiger partial charge in [-0.3, -0.25) is 0 Å². The first-order chi connectivity index (χ1) is 6.13. The summed E-state index contributed by atoms with van der Waals surface area (Å²) in [6.45, 7) is 2.96. The van der Waals surface area contributed by atoms with Crippen LogP contribution >= 0.6 is 0 Å². The fourth-order valence-corrected chi connectivity index (χ4v) is 0.977. The Balaban J connectivity index is 2.85.